The molecule has 1 saturated heterocycles. The summed E-state index contributed by atoms with van der Waals surface area (Å²) < 4.78 is 5.82. The lowest BCUT2D eigenvalue weighted by atomic mass is 10.2. The van der Waals surface area contributed by atoms with Gasteiger partial charge in [-0.2, -0.15) is 0 Å². The molecule has 4 rings (SSSR count). The van der Waals surface area contributed by atoms with Gasteiger partial charge in [-0.05, 0) is 25.3 Å². The first kappa shape index (κ1) is 15.7. The second kappa shape index (κ2) is 6.58. The summed E-state index contributed by atoms with van der Waals surface area (Å²) in [4.78, 5) is 17.3. The van der Waals surface area contributed by atoms with E-state index in [4.69, 9.17) is 9.72 Å². The summed E-state index contributed by atoms with van der Waals surface area (Å²) in [6.07, 6.45) is 4.10. The quantitative estimate of drug-likeness (QED) is 0.710. The Hall–Kier alpha value is -1.83. The molecule has 3 aromatic rings. The first-order valence-electron chi connectivity index (χ1n) is 7.92. The van der Waals surface area contributed by atoms with E-state index in [1.54, 1.807) is 22.7 Å². The number of thiazole rings is 1. The highest BCUT2D eigenvalue weighted by molar-refractivity contribution is 7.14. The number of anilines is 1. The van der Waals surface area contributed by atoms with Crippen LogP contribution < -0.4 is 4.90 Å². The average Bonchev–Trinajstić information content (AvgIpc) is 3.27. The normalized spacial score (nSPS) is 21.2. The fraction of sp³-hybridized carbons (Fsp3) is 0.353. The van der Waals surface area contributed by atoms with E-state index in [2.05, 4.69) is 40.2 Å². The van der Waals surface area contributed by atoms with E-state index in [9.17, 15) is 0 Å². The average molecular weight is 358 g/mol. The van der Waals surface area contributed by atoms with Gasteiger partial charge in [0.15, 0.2) is 0 Å². The number of morpholine rings is 1. The van der Waals surface area contributed by atoms with E-state index in [-0.39, 0.29) is 12.2 Å². The second-order valence-corrected chi connectivity index (χ2v) is 7.75. The maximum Gasteiger partial charge on any atom is 0.226 e. The zero-order valence-electron chi connectivity index (χ0n) is 13.5. The number of hydrogen-bond donors (Lipinski definition) is 0. The molecule has 0 bridgehead atoms. The Morgan fingerprint density at radius 3 is 2.62 bits per heavy atom. The Morgan fingerprint density at radius 1 is 1.12 bits per heavy atom. The van der Waals surface area contributed by atoms with Gasteiger partial charge in [0.05, 0.1) is 12.2 Å². The van der Waals surface area contributed by atoms with Crippen molar-refractivity contribution in [2.24, 2.45) is 0 Å². The fourth-order valence-electron chi connectivity index (χ4n) is 2.98. The second-order valence-electron chi connectivity index (χ2n) is 5.91. The molecule has 1 fully saturated rings. The maximum atomic E-state index is 5.82. The Morgan fingerprint density at radius 2 is 1.96 bits per heavy atom. The third-order valence-electron chi connectivity index (χ3n) is 3.90. The lowest BCUT2D eigenvalue weighted by molar-refractivity contribution is -0.00571. The van der Waals surface area contributed by atoms with Crippen molar-refractivity contribution in [2.45, 2.75) is 26.1 Å². The number of nitrogens with zero attached hydrogens (tertiary/aromatic N) is 4. The van der Waals surface area contributed by atoms with Crippen molar-refractivity contribution in [3.05, 3.63) is 35.3 Å². The predicted molar refractivity (Wildman–Crippen MR) is 98.7 cm³/mol. The molecule has 4 heterocycles. The Balaban J connectivity index is 1.77. The molecule has 24 heavy (non-hydrogen) atoms. The number of aromatic nitrogens is 3. The Bertz CT molecular complexity index is 794. The lowest BCUT2D eigenvalue weighted by Gasteiger charge is -2.35. The summed E-state index contributed by atoms with van der Waals surface area (Å²) in [6, 6.07) is 4.14. The van der Waals surface area contributed by atoms with Crippen molar-refractivity contribution in [3.63, 3.8) is 0 Å². The molecular weight excluding hydrogens is 340 g/mol. The molecule has 0 amide bonds. The van der Waals surface area contributed by atoms with Crippen molar-refractivity contribution in [2.75, 3.05) is 18.0 Å². The van der Waals surface area contributed by atoms with Crippen LogP contribution in [0.3, 0.4) is 0 Å². The largest absolute Gasteiger partial charge is 0.372 e. The number of hydrogen-bond acceptors (Lipinski definition) is 7. The van der Waals surface area contributed by atoms with Gasteiger partial charge >= 0.3 is 0 Å². The standard InChI is InChI=1S/C17H18N4OS2/c1-11-9-21(10-12(2)22-11)17-19-8-13(14-4-3-6-23-14)15(20-17)16-18-5-7-24-16/h3-8,11-12H,9-10H2,1-2H3/t11-,12+. The Labute approximate surface area is 149 Å². The van der Waals surface area contributed by atoms with Crippen LogP contribution in [0.5, 0.6) is 0 Å². The van der Waals surface area contributed by atoms with E-state index in [1.165, 1.54) is 0 Å². The summed E-state index contributed by atoms with van der Waals surface area (Å²) >= 11 is 3.30. The predicted octanol–water partition coefficient (Wildman–Crippen LogP) is 3.94. The SMILES string of the molecule is C[C@@H]1CN(c2ncc(-c3cccs3)c(-c3nccs3)n2)C[C@H](C)O1. The van der Waals surface area contributed by atoms with Gasteiger partial charge in [-0.1, -0.05) is 6.07 Å². The van der Waals surface area contributed by atoms with Crippen LogP contribution in [0.1, 0.15) is 13.8 Å². The Kier molecular flexibility index (Phi) is 4.30. The molecule has 5 nitrogen and oxygen atoms in total. The summed E-state index contributed by atoms with van der Waals surface area (Å²) in [6.45, 7) is 5.79. The minimum atomic E-state index is 0.178. The molecule has 1 aliphatic rings. The summed E-state index contributed by atoms with van der Waals surface area (Å²) in [5, 5.41) is 4.98. The molecule has 2 atom stereocenters. The topological polar surface area (TPSA) is 51.1 Å². The molecule has 0 saturated carbocycles. The lowest BCUT2D eigenvalue weighted by Crippen LogP contribution is -2.46. The van der Waals surface area contributed by atoms with Gasteiger partial charge in [-0.15, -0.1) is 22.7 Å². The minimum absolute atomic E-state index is 0.178. The number of thiophene rings is 1. The molecule has 0 unspecified atom stereocenters. The zero-order chi connectivity index (χ0) is 16.5. The molecule has 3 aromatic heterocycles. The smallest absolute Gasteiger partial charge is 0.226 e. The molecule has 124 valence electrons. The van der Waals surface area contributed by atoms with Crippen molar-refractivity contribution in [1.29, 1.82) is 0 Å². The van der Waals surface area contributed by atoms with Crippen LogP contribution in [-0.4, -0.2) is 40.2 Å². The first-order valence-corrected chi connectivity index (χ1v) is 9.68. The van der Waals surface area contributed by atoms with Gasteiger partial charge in [0.2, 0.25) is 5.95 Å². The highest BCUT2D eigenvalue weighted by Gasteiger charge is 2.25. The van der Waals surface area contributed by atoms with Gasteiger partial charge in [-0.25, -0.2) is 15.0 Å². The van der Waals surface area contributed by atoms with E-state index < -0.39 is 0 Å². The fourth-order valence-corrected chi connectivity index (χ4v) is 4.36. The summed E-state index contributed by atoms with van der Waals surface area (Å²) in [7, 11) is 0. The van der Waals surface area contributed by atoms with Crippen molar-refractivity contribution in [1.82, 2.24) is 15.0 Å². The van der Waals surface area contributed by atoms with Crippen LogP contribution in [0.4, 0.5) is 5.95 Å². The maximum absolute atomic E-state index is 5.82. The van der Waals surface area contributed by atoms with E-state index >= 15 is 0 Å². The monoisotopic (exact) mass is 358 g/mol. The van der Waals surface area contributed by atoms with Crippen LogP contribution >= 0.6 is 22.7 Å². The zero-order valence-corrected chi connectivity index (χ0v) is 15.2. The van der Waals surface area contributed by atoms with Crippen molar-refractivity contribution >= 4 is 28.6 Å². The van der Waals surface area contributed by atoms with Crippen molar-refractivity contribution in [3.8, 4) is 21.1 Å². The number of ether oxygens (including phenoxy) is 1. The molecular formula is C17H18N4OS2. The van der Waals surface area contributed by atoms with Crippen LogP contribution in [0.2, 0.25) is 0 Å². The van der Waals surface area contributed by atoms with E-state index in [1.807, 2.05) is 23.8 Å². The van der Waals surface area contributed by atoms with Crippen LogP contribution in [0.15, 0.2) is 35.3 Å². The molecule has 0 aliphatic carbocycles. The van der Waals surface area contributed by atoms with Crippen LogP contribution in [-0.2, 0) is 4.74 Å². The van der Waals surface area contributed by atoms with Crippen LogP contribution in [0.25, 0.3) is 21.1 Å². The molecule has 0 radical (unpaired) electrons. The summed E-state index contributed by atoms with van der Waals surface area (Å²) in [5.41, 5.74) is 1.95. The highest BCUT2D eigenvalue weighted by Crippen LogP contribution is 2.35. The third-order valence-corrected chi connectivity index (χ3v) is 5.58. The van der Waals surface area contributed by atoms with Gasteiger partial charge in [-0.3, -0.25) is 0 Å². The van der Waals surface area contributed by atoms with Gasteiger partial charge in [0.1, 0.15) is 10.7 Å². The molecule has 0 aromatic carbocycles. The minimum Gasteiger partial charge on any atom is -0.372 e. The van der Waals surface area contributed by atoms with E-state index in [0.717, 1.165) is 40.2 Å². The summed E-state index contributed by atoms with van der Waals surface area (Å²) in [5.74, 6) is 0.752. The van der Waals surface area contributed by atoms with Gasteiger partial charge in [0.25, 0.3) is 0 Å². The van der Waals surface area contributed by atoms with Gasteiger partial charge in [0, 0.05) is 41.3 Å². The number of rotatable bonds is 3. The van der Waals surface area contributed by atoms with E-state index in [0.29, 0.717) is 0 Å². The third kappa shape index (κ3) is 3.07. The molecule has 0 spiro atoms. The first-order chi connectivity index (χ1) is 11.7. The molecule has 1 aliphatic heterocycles. The molecule has 7 heteroatoms. The van der Waals surface area contributed by atoms with Crippen LogP contribution in [0, 0.1) is 0 Å². The van der Waals surface area contributed by atoms with Gasteiger partial charge < -0.3 is 9.64 Å². The molecule has 0 N–H and O–H groups in total. The van der Waals surface area contributed by atoms with Crippen molar-refractivity contribution < 1.29 is 4.74 Å². The highest BCUT2D eigenvalue weighted by atomic mass is 32.1.